The van der Waals surface area contributed by atoms with Gasteiger partial charge in [-0.1, -0.05) is 6.92 Å². The number of hydrogen-bond donors (Lipinski definition) is 0. The first-order valence-corrected chi connectivity index (χ1v) is 5.19. The van der Waals surface area contributed by atoms with Gasteiger partial charge in [0.05, 0.1) is 12.2 Å². The van der Waals surface area contributed by atoms with Crippen LogP contribution in [0.3, 0.4) is 0 Å². The van der Waals surface area contributed by atoms with Crippen molar-refractivity contribution < 1.29 is 9.15 Å². The Hall–Kier alpha value is -1.91. The van der Waals surface area contributed by atoms with Gasteiger partial charge in [-0.3, -0.25) is 0 Å². The molecule has 0 unspecified atom stereocenters. The molecule has 5 nitrogen and oxygen atoms in total. The molecule has 5 heteroatoms. The molecule has 0 aliphatic rings. The number of hydrogen-bond acceptors (Lipinski definition) is 5. The average molecular weight is 219 g/mol. The Kier molecular flexibility index (Phi) is 3.14. The summed E-state index contributed by atoms with van der Waals surface area (Å²) < 4.78 is 10.7. The van der Waals surface area contributed by atoms with Crippen molar-refractivity contribution >= 4 is 0 Å². The lowest BCUT2D eigenvalue weighted by atomic mass is 10.3. The highest BCUT2D eigenvalue weighted by Gasteiger charge is 2.06. The Morgan fingerprint density at radius 2 is 2.19 bits per heavy atom. The minimum atomic E-state index is 0.479. The van der Waals surface area contributed by atoms with E-state index in [1.807, 2.05) is 6.07 Å². The van der Waals surface area contributed by atoms with Gasteiger partial charge >= 0.3 is 0 Å². The summed E-state index contributed by atoms with van der Waals surface area (Å²) in [5.41, 5.74) is 0.796. The van der Waals surface area contributed by atoms with Crippen molar-refractivity contribution in [3.63, 3.8) is 0 Å². The van der Waals surface area contributed by atoms with E-state index < -0.39 is 0 Å². The van der Waals surface area contributed by atoms with E-state index in [-0.39, 0.29) is 0 Å². The first kappa shape index (κ1) is 10.6. The molecule has 0 fully saturated rings. The molecule has 2 rings (SSSR count). The molecule has 0 atom stereocenters. The van der Waals surface area contributed by atoms with Crippen molar-refractivity contribution in [2.24, 2.45) is 0 Å². The van der Waals surface area contributed by atoms with Crippen molar-refractivity contribution in [3.8, 4) is 17.3 Å². The van der Waals surface area contributed by atoms with Gasteiger partial charge < -0.3 is 9.15 Å². The summed E-state index contributed by atoms with van der Waals surface area (Å²) in [6.07, 6.45) is 2.63. The molecule has 16 heavy (non-hydrogen) atoms. The Labute approximate surface area is 93.5 Å². The highest BCUT2D eigenvalue weighted by atomic mass is 16.5. The molecule has 0 spiro atoms. The molecule has 0 amide bonds. The van der Waals surface area contributed by atoms with Crippen LogP contribution in [0.15, 0.2) is 22.7 Å². The van der Waals surface area contributed by atoms with Crippen LogP contribution in [-0.2, 0) is 0 Å². The van der Waals surface area contributed by atoms with Crippen LogP contribution in [-0.4, -0.2) is 21.8 Å². The minimum Gasteiger partial charge on any atom is -0.478 e. The third kappa shape index (κ3) is 2.36. The van der Waals surface area contributed by atoms with E-state index >= 15 is 0 Å². The topological polar surface area (TPSA) is 61.0 Å². The van der Waals surface area contributed by atoms with E-state index in [1.165, 1.54) is 0 Å². The maximum absolute atomic E-state index is 5.37. The maximum Gasteiger partial charge on any atom is 0.249 e. The highest BCUT2D eigenvalue weighted by molar-refractivity contribution is 5.51. The first-order valence-electron chi connectivity index (χ1n) is 5.19. The zero-order valence-corrected chi connectivity index (χ0v) is 9.30. The van der Waals surface area contributed by atoms with Crippen molar-refractivity contribution in [3.05, 3.63) is 24.2 Å². The van der Waals surface area contributed by atoms with E-state index in [9.17, 15) is 0 Å². The lowest BCUT2D eigenvalue weighted by Gasteiger charge is -2.02. The minimum absolute atomic E-state index is 0.479. The summed E-state index contributed by atoms with van der Waals surface area (Å²) in [7, 11) is 0. The van der Waals surface area contributed by atoms with Gasteiger partial charge in [-0.2, -0.15) is 0 Å². The number of rotatable bonds is 4. The summed E-state index contributed by atoms with van der Waals surface area (Å²) in [6.45, 7) is 4.48. The molecule has 0 aliphatic carbocycles. The van der Waals surface area contributed by atoms with Crippen LogP contribution in [0.5, 0.6) is 5.88 Å². The molecule has 0 N–H and O–H groups in total. The van der Waals surface area contributed by atoms with Crippen molar-refractivity contribution in [1.29, 1.82) is 0 Å². The molecule has 0 saturated carbocycles. The summed E-state index contributed by atoms with van der Waals surface area (Å²) in [4.78, 5) is 4.15. The number of pyridine rings is 1. The molecule has 2 aromatic heterocycles. The first-order chi connectivity index (χ1) is 7.79. The van der Waals surface area contributed by atoms with Gasteiger partial charge in [0.25, 0.3) is 0 Å². The number of nitrogens with zero attached hydrogens (tertiary/aromatic N) is 3. The van der Waals surface area contributed by atoms with Crippen LogP contribution in [0, 0.1) is 6.92 Å². The van der Waals surface area contributed by atoms with Gasteiger partial charge in [-0.05, 0) is 12.5 Å². The predicted molar refractivity (Wildman–Crippen MR) is 58.1 cm³/mol. The van der Waals surface area contributed by atoms with Crippen LogP contribution < -0.4 is 4.74 Å². The predicted octanol–water partition coefficient (Wildman–Crippen LogP) is 2.23. The average Bonchev–Trinajstić information content (AvgIpc) is 2.74. The maximum atomic E-state index is 5.37. The lowest BCUT2D eigenvalue weighted by molar-refractivity contribution is 0.305. The van der Waals surface area contributed by atoms with Crippen molar-refractivity contribution in [2.75, 3.05) is 6.61 Å². The Balaban J connectivity index is 2.13. The van der Waals surface area contributed by atoms with Crippen LogP contribution >= 0.6 is 0 Å². The molecule has 2 heterocycles. The van der Waals surface area contributed by atoms with E-state index in [4.69, 9.17) is 9.15 Å². The molecule has 0 aromatic carbocycles. The number of aryl methyl sites for hydroxylation is 1. The van der Waals surface area contributed by atoms with E-state index in [0.717, 1.165) is 12.0 Å². The number of aromatic nitrogens is 3. The Morgan fingerprint density at radius 3 is 2.75 bits per heavy atom. The number of ether oxygens (including phenoxy) is 1. The standard InChI is InChI=1S/C11H13N3O2/c1-3-6-15-10-5-4-9(7-12-10)11-14-13-8(2)16-11/h4-5,7H,3,6H2,1-2H3. The van der Waals surface area contributed by atoms with Gasteiger partial charge in [0.15, 0.2) is 0 Å². The summed E-state index contributed by atoms with van der Waals surface area (Å²) in [6, 6.07) is 3.65. The smallest absolute Gasteiger partial charge is 0.249 e. The molecule has 0 bridgehead atoms. The van der Waals surface area contributed by atoms with E-state index in [1.54, 1.807) is 19.2 Å². The van der Waals surface area contributed by atoms with E-state index in [0.29, 0.717) is 24.3 Å². The zero-order valence-electron chi connectivity index (χ0n) is 9.30. The Morgan fingerprint density at radius 1 is 1.31 bits per heavy atom. The fourth-order valence-electron chi connectivity index (χ4n) is 1.21. The highest BCUT2D eigenvalue weighted by Crippen LogP contribution is 2.18. The molecule has 84 valence electrons. The van der Waals surface area contributed by atoms with Crippen LogP contribution in [0.4, 0.5) is 0 Å². The zero-order chi connectivity index (χ0) is 11.4. The SMILES string of the molecule is CCCOc1ccc(-c2nnc(C)o2)cn1. The summed E-state index contributed by atoms with van der Waals surface area (Å²) >= 11 is 0. The monoisotopic (exact) mass is 219 g/mol. The molecule has 0 saturated heterocycles. The fraction of sp³-hybridized carbons (Fsp3) is 0.364. The van der Waals surface area contributed by atoms with Crippen molar-refractivity contribution in [2.45, 2.75) is 20.3 Å². The van der Waals surface area contributed by atoms with Crippen LogP contribution in [0.25, 0.3) is 11.5 Å². The summed E-state index contributed by atoms with van der Waals surface area (Å²) in [5, 5.41) is 7.67. The van der Waals surface area contributed by atoms with Gasteiger partial charge in [-0.15, -0.1) is 10.2 Å². The molecule has 2 aromatic rings. The second-order valence-electron chi connectivity index (χ2n) is 3.36. The van der Waals surface area contributed by atoms with Gasteiger partial charge in [0.1, 0.15) is 0 Å². The quantitative estimate of drug-likeness (QED) is 0.789. The van der Waals surface area contributed by atoms with Crippen molar-refractivity contribution in [1.82, 2.24) is 15.2 Å². The van der Waals surface area contributed by atoms with Gasteiger partial charge in [0.2, 0.25) is 17.7 Å². The Bertz CT molecular complexity index is 451. The lowest BCUT2D eigenvalue weighted by Crippen LogP contribution is -1.96. The fourth-order valence-corrected chi connectivity index (χ4v) is 1.21. The van der Waals surface area contributed by atoms with Gasteiger partial charge in [-0.25, -0.2) is 4.98 Å². The second kappa shape index (κ2) is 4.74. The van der Waals surface area contributed by atoms with Crippen LogP contribution in [0.1, 0.15) is 19.2 Å². The third-order valence-corrected chi connectivity index (χ3v) is 1.96. The normalized spacial score (nSPS) is 10.4. The largest absolute Gasteiger partial charge is 0.478 e. The van der Waals surface area contributed by atoms with E-state index in [2.05, 4.69) is 22.1 Å². The molecule has 0 aliphatic heterocycles. The van der Waals surface area contributed by atoms with Gasteiger partial charge in [0, 0.05) is 19.2 Å². The molecular weight excluding hydrogens is 206 g/mol. The second-order valence-corrected chi connectivity index (χ2v) is 3.36. The summed E-state index contributed by atoms with van der Waals surface area (Å²) in [5.74, 6) is 1.63. The third-order valence-electron chi connectivity index (χ3n) is 1.96. The molecule has 0 radical (unpaired) electrons. The van der Waals surface area contributed by atoms with Crippen LogP contribution in [0.2, 0.25) is 0 Å². The molecular formula is C11H13N3O2.